The van der Waals surface area contributed by atoms with Crippen molar-refractivity contribution in [2.45, 2.75) is 44.1 Å². The van der Waals surface area contributed by atoms with Crippen molar-refractivity contribution in [3.63, 3.8) is 0 Å². The lowest BCUT2D eigenvalue weighted by atomic mass is 9.86. The summed E-state index contributed by atoms with van der Waals surface area (Å²) in [5.74, 6) is -1.45. The first-order chi connectivity index (χ1) is 9.44. The first-order valence-electron chi connectivity index (χ1n) is 6.67. The van der Waals surface area contributed by atoms with E-state index in [4.69, 9.17) is 16.3 Å². The average Bonchev–Trinajstić information content (AvgIpc) is 2.93. The van der Waals surface area contributed by atoms with Gasteiger partial charge in [-0.2, -0.15) is 0 Å². The molecule has 2 aliphatic rings. The van der Waals surface area contributed by atoms with Crippen LogP contribution in [-0.4, -0.2) is 17.4 Å². The van der Waals surface area contributed by atoms with Crippen LogP contribution in [-0.2, 0) is 14.3 Å². The highest BCUT2D eigenvalue weighted by Gasteiger charge is 2.57. The van der Waals surface area contributed by atoms with E-state index >= 15 is 0 Å². The lowest BCUT2D eigenvalue weighted by Gasteiger charge is -2.19. The molecule has 1 aromatic rings. The molecule has 3 rings (SSSR count). The minimum Gasteiger partial charge on any atom is -0.450 e. The van der Waals surface area contributed by atoms with Gasteiger partial charge in [-0.25, -0.2) is 0 Å². The third kappa shape index (κ3) is 2.01. The maximum Gasteiger partial charge on any atom is 0.322 e. The molecular formula is C15H14BrClO3. The number of esters is 1. The maximum absolute atomic E-state index is 12.7. The fourth-order valence-corrected chi connectivity index (χ4v) is 3.88. The Bertz CT molecular complexity index is 605. The smallest absolute Gasteiger partial charge is 0.322 e. The molecule has 106 valence electrons. The molecule has 2 fully saturated rings. The Morgan fingerprint density at radius 3 is 2.60 bits per heavy atom. The normalized spacial score (nSPS) is 24.4. The highest BCUT2D eigenvalue weighted by molar-refractivity contribution is 9.10. The van der Waals surface area contributed by atoms with Gasteiger partial charge in [-0.3, -0.25) is 9.59 Å². The Labute approximate surface area is 130 Å². The first kappa shape index (κ1) is 14.1. The molecule has 0 radical (unpaired) electrons. The van der Waals surface area contributed by atoms with Crippen LogP contribution in [0.3, 0.4) is 0 Å². The molecule has 0 bridgehead atoms. The molecule has 3 nitrogen and oxygen atoms in total. The Morgan fingerprint density at radius 2 is 1.95 bits per heavy atom. The zero-order valence-electron chi connectivity index (χ0n) is 11.0. The van der Waals surface area contributed by atoms with Gasteiger partial charge in [-0.15, -0.1) is 0 Å². The molecule has 1 aliphatic carbocycles. The predicted octanol–water partition coefficient (Wildman–Crippen LogP) is 3.93. The van der Waals surface area contributed by atoms with Crippen LogP contribution in [0.25, 0.3) is 0 Å². The summed E-state index contributed by atoms with van der Waals surface area (Å²) >= 11 is 9.61. The summed E-state index contributed by atoms with van der Waals surface area (Å²) in [6.45, 7) is 1.90. The quantitative estimate of drug-likeness (QED) is 0.565. The average molecular weight is 358 g/mol. The fourth-order valence-electron chi connectivity index (χ4n) is 3.14. The van der Waals surface area contributed by atoms with Crippen LogP contribution in [0.1, 0.15) is 42.7 Å². The SMILES string of the molecule is Cc1cc(C2C(=O)OC3(CCCC3)C2=O)c(Cl)cc1Br. The lowest BCUT2D eigenvalue weighted by molar-refractivity contribution is -0.151. The molecule has 1 saturated carbocycles. The number of hydrogen-bond acceptors (Lipinski definition) is 3. The number of ether oxygens (including phenoxy) is 1. The first-order valence-corrected chi connectivity index (χ1v) is 7.84. The van der Waals surface area contributed by atoms with Gasteiger partial charge < -0.3 is 4.74 Å². The second-order valence-corrected chi connectivity index (χ2v) is 6.80. The second kappa shape index (κ2) is 4.85. The Balaban J connectivity index is 2.04. The molecule has 20 heavy (non-hydrogen) atoms. The van der Waals surface area contributed by atoms with Crippen LogP contribution in [0.4, 0.5) is 0 Å². The van der Waals surface area contributed by atoms with E-state index in [1.807, 2.05) is 6.92 Å². The van der Waals surface area contributed by atoms with Gasteiger partial charge in [0.1, 0.15) is 5.92 Å². The van der Waals surface area contributed by atoms with Crippen molar-refractivity contribution in [1.29, 1.82) is 0 Å². The fraction of sp³-hybridized carbons (Fsp3) is 0.467. The van der Waals surface area contributed by atoms with Crippen LogP contribution in [0.2, 0.25) is 5.02 Å². The summed E-state index contributed by atoms with van der Waals surface area (Å²) in [5, 5.41) is 0.424. The zero-order valence-corrected chi connectivity index (χ0v) is 13.4. The molecule has 1 aromatic carbocycles. The van der Waals surface area contributed by atoms with E-state index in [0.29, 0.717) is 23.4 Å². The third-order valence-corrected chi connectivity index (χ3v) is 5.42. The van der Waals surface area contributed by atoms with E-state index in [-0.39, 0.29) is 5.78 Å². The monoisotopic (exact) mass is 356 g/mol. The van der Waals surface area contributed by atoms with Crippen molar-refractivity contribution in [3.05, 3.63) is 32.8 Å². The number of Topliss-reactive ketones (excluding diaryl/α,β-unsaturated/α-hetero) is 1. The van der Waals surface area contributed by atoms with E-state index in [1.54, 1.807) is 12.1 Å². The van der Waals surface area contributed by atoms with Crippen LogP contribution >= 0.6 is 27.5 Å². The highest BCUT2D eigenvalue weighted by Crippen LogP contribution is 2.46. The van der Waals surface area contributed by atoms with Crippen LogP contribution in [0, 0.1) is 6.92 Å². The minimum atomic E-state index is -0.883. The van der Waals surface area contributed by atoms with Crippen molar-refractivity contribution in [3.8, 4) is 0 Å². The van der Waals surface area contributed by atoms with Gasteiger partial charge in [-0.05, 0) is 49.8 Å². The molecule has 1 unspecified atom stereocenters. The standard InChI is InChI=1S/C15H14BrClO3/c1-8-6-9(11(17)7-10(8)16)12-13(18)15(20-14(12)19)4-2-3-5-15/h6-7,12H,2-5H2,1H3. The summed E-state index contributed by atoms with van der Waals surface area (Å²) in [6.07, 6.45) is 3.14. The Kier molecular flexibility index (Phi) is 3.41. The Morgan fingerprint density at radius 1 is 1.30 bits per heavy atom. The second-order valence-electron chi connectivity index (χ2n) is 5.54. The van der Waals surface area contributed by atoms with Gasteiger partial charge in [0.05, 0.1) is 0 Å². The molecular weight excluding hydrogens is 344 g/mol. The van der Waals surface area contributed by atoms with Gasteiger partial charge in [0.25, 0.3) is 0 Å². The number of carbonyl (C=O) groups is 2. The highest BCUT2D eigenvalue weighted by atomic mass is 79.9. The number of benzene rings is 1. The van der Waals surface area contributed by atoms with E-state index in [2.05, 4.69) is 15.9 Å². The van der Waals surface area contributed by atoms with E-state index in [0.717, 1.165) is 22.9 Å². The summed E-state index contributed by atoms with van der Waals surface area (Å²) in [7, 11) is 0. The molecule has 0 aromatic heterocycles. The van der Waals surface area contributed by atoms with E-state index < -0.39 is 17.5 Å². The lowest BCUT2D eigenvalue weighted by Crippen LogP contribution is -2.33. The van der Waals surface area contributed by atoms with Crippen LogP contribution < -0.4 is 0 Å². The predicted molar refractivity (Wildman–Crippen MR) is 78.9 cm³/mol. The molecule has 0 amide bonds. The van der Waals surface area contributed by atoms with Crippen LogP contribution in [0.5, 0.6) is 0 Å². The molecule has 1 atom stereocenters. The van der Waals surface area contributed by atoms with Crippen molar-refractivity contribution < 1.29 is 14.3 Å². The minimum absolute atomic E-state index is 0.122. The van der Waals surface area contributed by atoms with Crippen molar-refractivity contribution in [2.24, 2.45) is 0 Å². The van der Waals surface area contributed by atoms with Gasteiger partial charge in [-0.1, -0.05) is 33.6 Å². The van der Waals surface area contributed by atoms with Crippen molar-refractivity contribution in [1.82, 2.24) is 0 Å². The van der Waals surface area contributed by atoms with Crippen LogP contribution in [0.15, 0.2) is 16.6 Å². The number of carbonyl (C=O) groups excluding carboxylic acids is 2. The molecule has 1 saturated heterocycles. The molecule has 1 spiro atoms. The van der Waals surface area contributed by atoms with Gasteiger partial charge in [0, 0.05) is 9.50 Å². The van der Waals surface area contributed by atoms with Gasteiger partial charge in [0.15, 0.2) is 11.4 Å². The number of hydrogen-bond donors (Lipinski definition) is 0. The van der Waals surface area contributed by atoms with E-state index in [1.165, 1.54) is 0 Å². The number of rotatable bonds is 1. The van der Waals surface area contributed by atoms with Crippen molar-refractivity contribution in [2.75, 3.05) is 0 Å². The molecule has 5 heteroatoms. The van der Waals surface area contributed by atoms with Crippen molar-refractivity contribution >= 4 is 39.3 Å². The Hall–Kier alpha value is -0.870. The van der Waals surface area contributed by atoms with Gasteiger partial charge >= 0.3 is 5.97 Å². The summed E-state index contributed by atoms with van der Waals surface area (Å²) in [6, 6.07) is 3.52. The summed E-state index contributed by atoms with van der Waals surface area (Å²) in [5.41, 5.74) is 0.620. The molecule has 0 N–H and O–H groups in total. The molecule has 1 aliphatic heterocycles. The van der Waals surface area contributed by atoms with E-state index in [9.17, 15) is 9.59 Å². The topological polar surface area (TPSA) is 43.4 Å². The molecule has 1 heterocycles. The number of aryl methyl sites for hydroxylation is 1. The number of ketones is 1. The summed E-state index contributed by atoms with van der Waals surface area (Å²) < 4.78 is 6.32. The summed E-state index contributed by atoms with van der Waals surface area (Å²) in [4.78, 5) is 24.9. The number of halogens is 2. The maximum atomic E-state index is 12.7. The van der Waals surface area contributed by atoms with Gasteiger partial charge in [0.2, 0.25) is 0 Å². The third-order valence-electron chi connectivity index (χ3n) is 4.24. The largest absolute Gasteiger partial charge is 0.450 e. The zero-order chi connectivity index (χ0) is 14.5.